The van der Waals surface area contributed by atoms with Crippen LogP contribution in [0.3, 0.4) is 0 Å². The molecule has 1 atom stereocenters. The van der Waals surface area contributed by atoms with Crippen LogP contribution >= 0.6 is 0 Å². The third kappa shape index (κ3) is 4.75. The minimum absolute atomic E-state index is 0.0796. The Hall–Kier alpha value is -3.09. The van der Waals surface area contributed by atoms with Gasteiger partial charge in [-0.25, -0.2) is 4.39 Å². The Morgan fingerprint density at radius 1 is 1.22 bits per heavy atom. The first-order valence-corrected chi connectivity index (χ1v) is 8.67. The normalized spacial score (nSPS) is 15.1. The Kier molecular flexibility index (Phi) is 5.90. The first kappa shape index (κ1) is 18.7. The van der Waals surface area contributed by atoms with Crippen molar-refractivity contribution in [1.82, 2.24) is 5.32 Å². The van der Waals surface area contributed by atoms with E-state index in [1.165, 1.54) is 12.1 Å². The minimum Gasteiger partial charge on any atom is -0.486 e. The molecule has 7 heteroatoms. The van der Waals surface area contributed by atoms with Gasteiger partial charge in [0.15, 0.2) is 35.5 Å². The fourth-order valence-corrected chi connectivity index (χ4v) is 2.58. The van der Waals surface area contributed by atoms with E-state index in [1.54, 1.807) is 13.0 Å². The standard InChI is InChI=1S/C20H20FNO5/c1-2-16(23)13-7-8-17(15(21)9-13)26-12-20(24)22-10-14-11-25-18-5-3-4-6-19(18)27-14/h3-9,14H,2,10-12H2,1H3,(H,22,24). The van der Waals surface area contributed by atoms with Gasteiger partial charge in [0.1, 0.15) is 12.7 Å². The maximum Gasteiger partial charge on any atom is 0.258 e. The van der Waals surface area contributed by atoms with Gasteiger partial charge < -0.3 is 19.5 Å². The summed E-state index contributed by atoms with van der Waals surface area (Å²) in [6, 6.07) is 11.2. The second-order valence-corrected chi connectivity index (χ2v) is 6.01. The molecule has 1 N–H and O–H groups in total. The quantitative estimate of drug-likeness (QED) is 0.756. The topological polar surface area (TPSA) is 73.9 Å². The zero-order valence-electron chi connectivity index (χ0n) is 14.9. The Balaban J connectivity index is 1.46. The van der Waals surface area contributed by atoms with Gasteiger partial charge in [-0.3, -0.25) is 9.59 Å². The lowest BCUT2D eigenvalue weighted by Gasteiger charge is -2.26. The predicted octanol–water partition coefficient (Wildman–Crippen LogP) is 2.75. The van der Waals surface area contributed by atoms with Crippen LogP contribution in [0.15, 0.2) is 42.5 Å². The molecule has 1 aliphatic rings. The molecule has 1 aliphatic heterocycles. The van der Waals surface area contributed by atoms with Gasteiger partial charge >= 0.3 is 0 Å². The summed E-state index contributed by atoms with van der Waals surface area (Å²) in [5.74, 6) is -0.0290. The number of fused-ring (bicyclic) bond motifs is 1. The number of hydrogen-bond acceptors (Lipinski definition) is 5. The maximum absolute atomic E-state index is 14.0. The van der Waals surface area contributed by atoms with E-state index < -0.39 is 11.7 Å². The lowest BCUT2D eigenvalue weighted by molar-refractivity contribution is -0.123. The van der Waals surface area contributed by atoms with Crippen molar-refractivity contribution in [3.05, 3.63) is 53.8 Å². The van der Waals surface area contributed by atoms with Crippen molar-refractivity contribution in [3.63, 3.8) is 0 Å². The summed E-state index contributed by atoms with van der Waals surface area (Å²) in [7, 11) is 0. The average Bonchev–Trinajstić information content (AvgIpc) is 2.70. The zero-order valence-corrected chi connectivity index (χ0v) is 14.9. The fraction of sp³-hybridized carbons (Fsp3) is 0.300. The first-order chi connectivity index (χ1) is 13.1. The van der Waals surface area contributed by atoms with Gasteiger partial charge in [0.2, 0.25) is 0 Å². The summed E-state index contributed by atoms with van der Waals surface area (Å²) in [6.07, 6.45) is -0.0284. The van der Waals surface area contributed by atoms with Crippen LogP contribution in [0, 0.1) is 5.82 Å². The number of hydrogen-bond donors (Lipinski definition) is 1. The van der Waals surface area contributed by atoms with Gasteiger partial charge in [0.25, 0.3) is 5.91 Å². The summed E-state index contributed by atoms with van der Waals surface area (Å²) in [6.45, 7) is 1.92. The van der Waals surface area contributed by atoms with Crippen molar-refractivity contribution in [2.24, 2.45) is 0 Å². The summed E-state index contributed by atoms with van der Waals surface area (Å²) in [5, 5.41) is 2.67. The minimum atomic E-state index is -0.678. The Bertz CT molecular complexity index is 839. The van der Waals surface area contributed by atoms with Crippen molar-refractivity contribution >= 4 is 11.7 Å². The van der Waals surface area contributed by atoms with Crippen LogP contribution in [-0.4, -0.2) is 37.6 Å². The van der Waals surface area contributed by atoms with Gasteiger partial charge in [-0.1, -0.05) is 19.1 Å². The monoisotopic (exact) mass is 373 g/mol. The number of ketones is 1. The van der Waals surface area contributed by atoms with Gasteiger partial charge in [0.05, 0.1) is 6.54 Å². The number of halogens is 1. The molecule has 3 rings (SSSR count). The second kappa shape index (κ2) is 8.53. The Morgan fingerprint density at radius 2 is 2.00 bits per heavy atom. The highest BCUT2D eigenvalue weighted by Crippen LogP contribution is 2.30. The molecule has 0 saturated carbocycles. The third-order valence-electron chi connectivity index (χ3n) is 4.03. The summed E-state index contributed by atoms with van der Waals surface area (Å²) < 4.78 is 30.5. The highest BCUT2D eigenvalue weighted by molar-refractivity contribution is 5.95. The molecule has 142 valence electrons. The van der Waals surface area contributed by atoms with Crippen LogP contribution in [0.25, 0.3) is 0 Å². The predicted molar refractivity (Wildman–Crippen MR) is 95.9 cm³/mol. The first-order valence-electron chi connectivity index (χ1n) is 8.67. The number of amides is 1. The molecule has 1 unspecified atom stereocenters. The summed E-state index contributed by atoms with van der Waals surface area (Å²) in [5.41, 5.74) is 0.279. The highest BCUT2D eigenvalue weighted by Gasteiger charge is 2.21. The fourth-order valence-electron chi connectivity index (χ4n) is 2.58. The maximum atomic E-state index is 14.0. The molecule has 0 radical (unpaired) electrons. The average molecular weight is 373 g/mol. The van der Waals surface area contributed by atoms with Gasteiger partial charge in [-0.05, 0) is 30.3 Å². The van der Waals surface area contributed by atoms with Crippen molar-refractivity contribution in [2.45, 2.75) is 19.4 Å². The van der Waals surface area contributed by atoms with Crippen LogP contribution in [0.1, 0.15) is 23.7 Å². The molecule has 6 nitrogen and oxygen atoms in total. The Morgan fingerprint density at radius 3 is 2.74 bits per heavy atom. The molecule has 0 aromatic heterocycles. The molecule has 0 spiro atoms. The zero-order chi connectivity index (χ0) is 19.2. The number of rotatable bonds is 7. The van der Waals surface area contributed by atoms with Crippen LogP contribution in [0.5, 0.6) is 17.2 Å². The number of carbonyl (C=O) groups is 2. The number of carbonyl (C=O) groups excluding carboxylic acids is 2. The molecule has 1 amide bonds. The lowest BCUT2D eigenvalue weighted by atomic mass is 10.1. The summed E-state index contributed by atoms with van der Waals surface area (Å²) in [4.78, 5) is 23.5. The van der Waals surface area contributed by atoms with E-state index >= 15 is 0 Å². The van der Waals surface area contributed by atoms with E-state index in [1.807, 2.05) is 18.2 Å². The van der Waals surface area contributed by atoms with E-state index in [-0.39, 0.29) is 36.4 Å². The van der Waals surface area contributed by atoms with Crippen LogP contribution in [0.2, 0.25) is 0 Å². The largest absolute Gasteiger partial charge is 0.486 e. The van der Waals surface area contributed by atoms with E-state index in [2.05, 4.69) is 5.32 Å². The molecule has 0 saturated heterocycles. The molecule has 0 fully saturated rings. The van der Waals surface area contributed by atoms with E-state index in [4.69, 9.17) is 14.2 Å². The van der Waals surface area contributed by atoms with Gasteiger partial charge in [-0.2, -0.15) is 0 Å². The van der Waals surface area contributed by atoms with Gasteiger partial charge in [0, 0.05) is 12.0 Å². The molecular formula is C20H20FNO5. The second-order valence-electron chi connectivity index (χ2n) is 6.01. The molecule has 0 bridgehead atoms. The molecular weight excluding hydrogens is 353 g/mol. The molecule has 0 aliphatic carbocycles. The molecule has 27 heavy (non-hydrogen) atoms. The van der Waals surface area contributed by atoms with Crippen molar-refractivity contribution in [1.29, 1.82) is 0 Å². The number of nitrogens with one attached hydrogen (secondary N) is 1. The van der Waals surface area contributed by atoms with Crippen LogP contribution < -0.4 is 19.5 Å². The van der Waals surface area contributed by atoms with E-state index in [9.17, 15) is 14.0 Å². The molecule has 2 aromatic carbocycles. The number of ether oxygens (including phenoxy) is 3. The van der Waals surface area contributed by atoms with Crippen molar-refractivity contribution in [2.75, 3.05) is 19.8 Å². The van der Waals surface area contributed by atoms with Gasteiger partial charge in [-0.15, -0.1) is 0 Å². The Labute approximate surface area is 156 Å². The lowest BCUT2D eigenvalue weighted by Crippen LogP contribution is -2.42. The number of para-hydroxylation sites is 2. The number of benzene rings is 2. The number of Topliss-reactive ketones (excluding diaryl/α,β-unsaturated/α-hetero) is 1. The third-order valence-corrected chi connectivity index (χ3v) is 4.03. The van der Waals surface area contributed by atoms with E-state index in [0.717, 1.165) is 6.07 Å². The molecule has 1 heterocycles. The molecule has 2 aromatic rings. The van der Waals surface area contributed by atoms with E-state index in [0.29, 0.717) is 24.5 Å². The SMILES string of the molecule is CCC(=O)c1ccc(OCC(=O)NCC2COc3ccccc3O2)c(F)c1. The van der Waals surface area contributed by atoms with Crippen LogP contribution in [-0.2, 0) is 4.79 Å². The van der Waals surface area contributed by atoms with Crippen molar-refractivity contribution in [3.8, 4) is 17.2 Å². The highest BCUT2D eigenvalue weighted by atomic mass is 19.1. The van der Waals surface area contributed by atoms with Crippen molar-refractivity contribution < 1.29 is 28.2 Å². The van der Waals surface area contributed by atoms with Crippen LogP contribution in [0.4, 0.5) is 4.39 Å². The summed E-state index contributed by atoms with van der Waals surface area (Å²) >= 11 is 0. The smallest absolute Gasteiger partial charge is 0.258 e.